The summed E-state index contributed by atoms with van der Waals surface area (Å²) < 4.78 is 16.4. The Balaban J connectivity index is 1.32. The molecule has 0 saturated carbocycles. The number of hydrogen-bond donors (Lipinski definition) is 0. The fourth-order valence-electron chi connectivity index (χ4n) is 4.87. The maximum atomic E-state index is 13.1. The molecule has 0 radical (unpaired) electrons. The van der Waals surface area contributed by atoms with Gasteiger partial charge in [-0.1, -0.05) is 12.1 Å². The van der Waals surface area contributed by atoms with Gasteiger partial charge in [-0.2, -0.15) is 0 Å². The van der Waals surface area contributed by atoms with Crippen molar-refractivity contribution in [2.45, 2.75) is 32.6 Å². The van der Waals surface area contributed by atoms with Crippen molar-refractivity contribution in [3.8, 4) is 11.5 Å². The van der Waals surface area contributed by atoms with Gasteiger partial charge in [-0.15, -0.1) is 0 Å². The molecule has 2 aromatic carbocycles. The first-order valence-corrected chi connectivity index (χ1v) is 12.1. The Hall–Kier alpha value is -3.10. The molecule has 2 amide bonds. The number of hydrogen-bond acceptors (Lipinski definition) is 6. The summed E-state index contributed by atoms with van der Waals surface area (Å²) in [5.74, 6) is 1.01. The molecule has 0 aromatic heterocycles. The van der Waals surface area contributed by atoms with Gasteiger partial charge in [0.15, 0.2) is 0 Å². The topological polar surface area (TPSA) is 71.6 Å². The molecule has 8 heteroatoms. The number of amides is 2. The summed E-state index contributed by atoms with van der Waals surface area (Å²) in [6.07, 6.45) is 0.465. The van der Waals surface area contributed by atoms with Crippen LogP contribution in [0.3, 0.4) is 0 Å². The smallest absolute Gasteiger partial charge is 0.257 e. The summed E-state index contributed by atoms with van der Waals surface area (Å²) in [6, 6.07) is 13.1. The van der Waals surface area contributed by atoms with Crippen LogP contribution in [0.1, 0.15) is 40.1 Å². The van der Waals surface area contributed by atoms with Crippen molar-refractivity contribution >= 4 is 11.8 Å². The van der Waals surface area contributed by atoms with E-state index >= 15 is 0 Å². The maximum Gasteiger partial charge on any atom is 0.257 e. The van der Waals surface area contributed by atoms with E-state index in [0.29, 0.717) is 48.8 Å². The molecule has 0 bridgehead atoms. The van der Waals surface area contributed by atoms with Crippen molar-refractivity contribution in [3.05, 3.63) is 59.2 Å². The minimum Gasteiger partial charge on any atom is -0.497 e. The zero-order valence-electron chi connectivity index (χ0n) is 21.0. The van der Waals surface area contributed by atoms with Gasteiger partial charge >= 0.3 is 0 Å². The second kappa shape index (κ2) is 11.1. The molecule has 4 rings (SSSR count). The van der Waals surface area contributed by atoms with E-state index in [1.165, 1.54) is 12.7 Å². The largest absolute Gasteiger partial charge is 0.497 e. The van der Waals surface area contributed by atoms with Gasteiger partial charge in [0.2, 0.25) is 0 Å². The minimum atomic E-state index is -0.104. The summed E-state index contributed by atoms with van der Waals surface area (Å²) in [6.45, 7) is 8.82. The van der Waals surface area contributed by atoms with Gasteiger partial charge in [0.25, 0.3) is 11.8 Å². The molecule has 2 heterocycles. The molecule has 0 spiro atoms. The standard InChI is InChI=1S/C27H35N3O5/c1-19-16-28(17-20(2)35-19)18-21-5-7-22(8-6-21)26(31)29-11-13-30(14-12-29)27(32)24-10-9-23(33-3)15-25(24)34-4/h5-10,15,19-20H,11-14,16-18H2,1-4H3. The summed E-state index contributed by atoms with van der Waals surface area (Å²) in [5, 5.41) is 0. The van der Waals surface area contributed by atoms with E-state index in [-0.39, 0.29) is 24.0 Å². The summed E-state index contributed by atoms with van der Waals surface area (Å²) in [4.78, 5) is 32.1. The van der Waals surface area contributed by atoms with E-state index in [1.54, 1.807) is 30.2 Å². The predicted octanol–water partition coefficient (Wildman–Crippen LogP) is 2.91. The average Bonchev–Trinajstić information content (AvgIpc) is 2.87. The number of carbonyl (C=O) groups excluding carboxylic acids is 2. The molecular weight excluding hydrogens is 446 g/mol. The van der Waals surface area contributed by atoms with Gasteiger partial charge in [-0.25, -0.2) is 0 Å². The van der Waals surface area contributed by atoms with Crippen molar-refractivity contribution in [3.63, 3.8) is 0 Å². The Morgan fingerprint density at radius 1 is 0.857 bits per heavy atom. The van der Waals surface area contributed by atoms with Crippen LogP contribution in [0.2, 0.25) is 0 Å². The molecule has 0 N–H and O–H groups in total. The third-order valence-electron chi connectivity index (χ3n) is 6.60. The van der Waals surface area contributed by atoms with Gasteiger partial charge in [0.05, 0.1) is 32.0 Å². The lowest BCUT2D eigenvalue weighted by Crippen LogP contribution is -2.50. The highest BCUT2D eigenvalue weighted by Gasteiger charge is 2.27. The molecule has 2 aliphatic heterocycles. The third-order valence-corrected chi connectivity index (χ3v) is 6.60. The number of ether oxygens (including phenoxy) is 3. The van der Waals surface area contributed by atoms with E-state index < -0.39 is 0 Å². The lowest BCUT2D eigenvalue weighted by Gasteiger charge is -2.35. The molecule has 0 aliphatic carbocycles. The summed E-state index contributed by atoms with van der Waals surface area (Å²) in [7, 11) is 3.11. The molecule has 35 heavy (non-hydrogen) atoms. The highest BCUT2D eigenvalue weighted by molar-refractivity contribution is 5.98. The van der Waals surface area contributed by atoms with Gasteiger partial charge < -0.3 is 24.0 Å². The lowest BCUT2D eigenvalue weighted by molar-refractivity contribution is -0.0704. The second-order valence-corrected chi connectivity index (χ2v) is 9.30. The molecule has 2 aromatic rings. The van der Waals surface area contributed by atoms with Gasteiger partial charge in [-0.05, 0) is 43.7 Å². The molecule has 2 saturated heterocycles. The zero-order valence-corrected chi connectivity index (χ0v) is 21.0. The molecular formula is C27H35N3O5. The van der Waals surface area contributed by atoms with Crippen molar-refractivity contribution in [2.75, 3.05) is 53.5 Å². The number of methoxy groups -OCH3 is 2. The number of carbonyl (C=O) groups is 2. The number of nitrogens with zero attached hydrogens (tertiary/aromatic N) is 3. The van der Waals surface area contributed by atoms with Crippen molar-refractivity contribution < 1.29 is 23.8 Å². The third kappa shape index (κ3) is 5.94. The summed E-state index contributed by atoms with van der Waals surface area (Å²) in [5.41, 5.74) is 2.36. The monoisotopic (exact) mass is 481 g/mol. The Bertz CT molecular complexity index is 1020. The van der Waals surface area contributed by atoms with Crippen LogP contribution in [-0.4, -0.2) is 92.2 Å². The van der Waals surface area contributed by atoms with Crippen LogP contribution in [0.15, 0.2) is 42.5 Å². The van der Waals surface area contributed by atoms with Gasteiger partial charge in [0, 0.05) is 57.4 Å². The Labute approximate surface area is 207 Å². The lowest BCUT2D eigenvalue weighted by atomic mass is 10.1. The Morgan fingerprint density at radius 2 is 1.46 bits per heavy atom. The van der Waals surface area contributed by atoms with E-state index in [9.17, 15) is 9.59 Å². The van der Waals surface area contributed by atoms with Gasteiger partial charge in [0.1, 0.15) is 11.5 Å². The van der Waals surface area contributed by atoms with Crippen molar-refractivity contribution in [1.29, 1.82) is 0 Å². The first kappa shape index (κ1) is 25.0. The zero-order chi connectivity index (χ0) is 24.9. The highest BCUT2D eigenvalue weighted by atomic mass is 16.5. The van der Waals surface area contributed by atoms with E-state index in [2.05, 4.69) is 18.7 Å². The Kier molecular flexibility index (Phi) is 7.93. The highest BCUT2D eigenvalue weighted by Crippen LogP contribution is 2.26. The van der Waals surface area contributed by atoms with Crippen LogP contribution in [0.5, 0.6) is 11.5 Å². The van der Waals surface area contributed by atoms with E-state index in [4.69, 9.17) is 14.2 Å². The van der Waals surface area contributed by atoms with Crippen LogP contribution in [0.25, 0.3) is 0 Å². The Morgan fingerprint density at radius 3 is 2.03 bits per heavy atom. The molecule has 2 unspecified atom stereocenters. The molecule has 8 nitrogen and oxygen atoms in total. The van der Waals surface area contributed by atoms with E-state index in [1.807, 2.05) is 29.2 Å². The first-order chi connectivity index (χ1) is 16.9. The number of piperazine rings is 1. The quantitative estimate of drug-likeness (QED) is 0.632. The molecule has 2 atom stereocenters. The van der Waals surface area contributed by atoms with Crippen LogP contribution in [-0.2, 0) is 11.3 Å². The predicted molar refractivity (Wildman–Crippen MR) is 133 cm³/mol. The maximum absolute atomic E-state index is 13.1. The van der Waals surface area contributed by atoms with Crippen LogP contribution < -0.4 is 9.47 Å². The molecule has 188 valence electrons. The second-order valence-electron chi connectivity index (χ2n) is 9.30. The summed E-state index contributed by atoms with van der Waals surface area (Å²) >= 11 is 0. The number of morpholine rings is 1. The van der Waals surface area contributed by atoms with Crippen LogP contribution in [0, 0.1) is 0 Å². The molecule has 2 fully saturated rings. The first-order valence-electron chi connectivity index (χ1n) is 12.1. The SMILES string of the molecule is COc1ccc(C(=O)N2CCN(C(=O)c3ccc(CN4CC(C)OC(C)C4)cc3)CC2)c(OC)c1. The van der Waals surface area contributed by atoms with Gasteiger partial charge in [-0.3, -0.25) is 14.5 Å². The van der Waals surface area contributed by atoms with Crippen molar-refractivity contribution in [2.24, 2.45) is 0 Å². The average molecular weight is 482 g/mol. The normalized spacial score (nSPS) is 21.0. The van der Waals surface area contributed by atoms with E-state index in [0.717, 1.165) is 19.6 Å². The molecule has 2 aliphatic rings. The fourth-order valence-corrected chi connectivity index (χ4v) is 4.87. The number of benzene rings is 2. The van der Waals surface area contributed by atoms with Crippen LogP contribution >= 0.6 is 0 Å². The van der Waals surface area contributed by atoms with Crippen LogP contribution in [0.4, 0.5) is 0 Å². The van der Waals surface area contributed by atoms with Crippen molar-refractivity contribution in [1.82, 2.24) is 14.7 Å². The number of rotatable bonds is 6. The fraction of sp³-hybridized carbons (Fsp3) is 0.481. The minimum absolute atomic E-state index is 0.000654.